The Kier molecular flexibility index (Phi) is 6.59. The van der Waals surface area contributed by atoms with Gasteiger partial charge in [-0.3, -0.25) is 0 Å². The Bertz CT molecular complexity index is 1590. The summed E-state index contributed by atoms with van der Waals surface area (Å²) in [6, 6.07) is 10.1. The second kappa shape index (κ2) is 9.75. The zero-order valence-corrected chi connectivity index (χ0v) is 20.2. The molecule has 12 heteroatoms. The van der Waals surface area contributed by atoms with Gasteiger partial charge in [-0.05, 0) is 53.9 Å². The van der Waals surface area contributed by atoms with Crippen molar-refractivity contribution < 1.29 is 35.1 Å². The molecule has 0 spiro atoms. The highest BCUT2D eigenvalue weighted by molar-refractivity contribution is 7.90. The molecule has 0 amide bonds. The van der Waals surface area contributed by atoms with Gasteiger partial charge in [-0.25, -0.2) is 27.8 Å². The highest BCUT2D eigenvalue weighted by Crippen LogP contribution is 2.44. The van der Waals surface area contributed by atoms with E-state index in [1.54, 1.807) is 6.07 Å². The third-order valence-electron chi connectivity index (χ3n) is 6.17. The largest absolute Gasteiger partial charge is 0.493 e. The van der Waals surface area contributed by atoms with E-state index in [1.165, 1.54) is 30.5 Å². The lowest BCUT2D eigenvalue weighted by atomic mass is 9.82. The minimum absolute atomic E-state index is 0.0693. The molecule has 0 saturated carbocycles. The van der Waals surface area contributed by atoms with Gasteiger partial charge >= 0.3 is 6.18 Å². The SMILES string of the molecule is O=S(=O)(Cc1ncc(F)cn1)c1ccc2c(c1)OCC[C@@H]2c1ccc(C(F)(F)F)cc1-c1ccc(F)nc1. The van der Waals surface area contributed by atoms with Crippen LogP contribution in [0.5, 0.6) is 5.75 Å². The summed E-state index contributed by atoms with van der Waals surface area (Å²) in [5.41, 5.74) is 0.794. The quantitative estimate of drug-likeness (QED) is 0.235. The first-order valence-electron chi connectivity index (χ1n) is 11.3. The molecule has 196 valence electrons. The Morgan fingerprint density at radius 3 is 2.32 bits per heavy atom. The zero-order valence-electron chi connectivity index (χ0n) is 19.4. The van der Waals surface area contributed by atoms with Crippen molar-refractivity contribution in [2.75, 3.05) is 6.61 Å². The van der Waals surface area contributed by atoms with Crippen LogP contribution in [0, 0.1) is 11.8 Å². The van der Waals surface area contributed by atoms with E-state index in [1.807, 2.05) is 0 Å². The van der Waals surface area contributed by atoms with Crippen LogP contribution in [0.3, 0.4) is 0 Å². The molecule has 1 aliphatic rings. The first-order chi connectivity index (χ1) is 18.0. The second-order valence-electron chi connectivity index (χ2n) is 8.64. The van der Waals surface area contributed by atoms with Gasteiger partial charge in [-0.2, -0.15) is 17.6 Å². The Morgan fingerprint density at radius 1 is 0.895 bits per heavy atom. The van der Waals surface area contributed by atoms with Crippen molar-refractivity contribution in [3.8, 4) is 16.9 Å². The molecule has 5 rings (SSSR count). The van der Waals surface area contributed by atoms with Gasteiger partial charge in [0.2, 0.25) is 5.95 Å². The normalized spacial score (nSPS) is 15.6. The van der Waals surface area contributed by atoms with Crippen LogP contribution in [0.1, 0.15) is 34.9 Å². The van der Waals surface area contributed by atoms with Crippen molar-refractivity contribution in [3.63, 3.8) is 0 Å². The van der Waals surface area contributed by atoms with Crippen LogP contribution >= 0.6 is 0 Å². The second-order valence-corrected chi connectivity index (χ2v) is 10.6. The molecule has 0 bridgehead atoms. The Balaban J connectivity index is 1.54. The van der Waals surface area contributed by atoms with Crippen LogP contribution in [0.4, 0.5) is 22.0 Å². The summed E-state index contributed by atoms with van der Waals surface area (Å²) in [4.78, 5) is 10.9. The average molecular weight is 548 g/mol. The third kappa shape index (κ3) is 5.21. The van der Waals surface area contributed by atoms with Crippen LogP contribution in [-0.4, -0.2) is 30.0 Å². The average Bonchev–Trinajstić information content (AvgIpc) is 2.89. The van der Waals surface area contributed by atoms with Crippen molar-refractivity contribution in [3.05, 3.63) is 101 Å². The van der Waals surface area contributed by atoms with Crippen molar-refractivity contribution in [2.24, 2.45) is 0 Å². The molecular formula is C26H18F5N3O3S. The summed E-state index contributed by atoms with van der Waals surface area (Å²) in [7, 11) is -3.92. The number of fused-ring (bicyclic) bond motifs is 1. The van der Waals surface area contributed by atoms with E-state index in [-0.39, 0.29) is 28.6 Å². The van der Waals surface area contributed by atoms with Gasteiger partial charge in [0.05, 0.1) is 29.5 Å². The van der Waals surface area contributed by atoms with Crippen LogP contribution < -0.4 is 4.74 Å². The van der Waals surface area contributed by atoms with E-state index >= 15 is 0 Å². The molecule has 3 heterocycles. The fourth-order valence-corrected chi connectivity index (χ4v) is 5.59. The first-order valence-corrected chi connectivity index (χ1v) is 13.0. The molecule has 2 aromatic heterocycles. The molecule has 0 unspecified atom stereocenters. The van der Waals surface area contributed by atoms with Gasteiger partial charge < -0.3 is 4.74 Å². The number of rotatable bonds is 5. The maximum atomic E-state index is 13.5. The van der Waals surface area contributed by atoms with E-state index in [4.69, 9.17) is 4.74 Å². The summed E-state index contributed by atoms with van der Waals surface area (Å²) in [5, 5.41) is 0. The summed E-state index contributed by atoms with van der Waals surface area (Å²) >= 11 is 0. The van der Waals surface area contributed by atoms with E-state index in [0.29, 0.717) is 23.1 Å². The van der Waals surface area contributed by atoms with E-state index in [9.17, 15) is 30.4 Å². The molecule has 0 fully saturated rings. The minimum Gasteiger partial charge on any atom is -0.493 e. The van der Waals surface area contributed by atoms with Crippen LogP contribution in [0.15, 0.2) is 72.0 Å². The molecule has 0 aliphatic carbocycles. The Morgan fingerprint density at radius 2 is 1.63 bits per heavy atom. The van der Waals surface area contributed by atoms with Crippen molar-refractivity contribution >= 4 is 9.84 Å². The summed E-state index contributed by atoms with van der Waals surface area (Å²) in [5.74, 6) is -2.26. The molecule has 6 nitrogen and oxygen atoms in total. The van der Waals surface area contributed by atoms with Crippen molar-refractivity contribution in [1.29, 1.82) is 0 Å². The Hall–Kier alpha value is -3.93. The number of alkyl halides is 3. The number of nitrogens with zero attached hydrogens (tertiary/aromatic N) is 3. The summed E-state index contributed by atoms with van der Waals surface area (Å²) in [6.07, 6.45) is -1.27. The lowest BCUT2D eigenvalue weighted by Crippen LogP contribution is -2.17. The van der Waals surface area contributed by atoms with E-state index in [2.05, 4.69) is 15.0 Å². The maximum absolute atomic E-state index is 13.5. The van der Waals surface area contributed by atoms with Gasteiger partial charge in [-0.15, -0.1) is 0 Å². The number of aromatic nitrogens is 3. The maximum Gasteiger partial charge on any atom is 0.416 e. The third-order valence-corrected chi connectivity index (χ3v) is 7.78. The van der Waals surface area contributed by atoms with Crippen LogP contribution in [-0.2, 0) is 21.8 Å². The number of hydrogen-bond donors (Lipinski definition) is 0. The standard InChI is InChI=1S/C26H18F5N3O3S/c27-17-12-33-25(34-13-17)14-38(35,36)18-3-5-21-20(7-8-37-23(21)10-18)19-4-2-16(26(29,30)31)9-22(19)15-1-6-24(28)32-11-15/h1-6,9-13,20H,7-8,14H2/t20-/m1/s1. The molecule has 2 aromatic carbocycles. The minimum atomic E-state index is -4.59. The number of halogens is 5. The molecule has 1 atom stereocenters. The number of benzene rings is 2. The van der Waals surface area contributed by atoms with Crippen LogP contribution in [0.25, 0.3) is 11.1 Å². The smallest absolute Gasteiger partial charge is 0.416 e. The summed E-state index contributed by atoms with van der Waals surface area (Å²) in [6.45, 7) is 0.185. The zero-order chi connectivity index (χ0) is 27.1. The monoisotopic (exact) mass is 547 g/mol. The number of pyridine rings is 1. The van der Waals surface area contributed by atoms with Gasteiger partial charge in [-0.1, -0.05) is 12.1 Å². The lowest BCUT2D eigenvalue weighted by molar-refractivity contribution is -0.137. The topological polar surface area (TPSA) is 82.0 Å². The summed E-state index contributed by atoms with van der Waals surface area (Å²) < 4.78 is 98.7. The van der Waals surface area contributed by atoms with Gasteiger partial charge in [0.1, 0.15) is 17.3 Å². The highest BCUT2D eigenvalue weighted by Gasteiger charge is 2.33. The van der Waals surface area contributed by atoms with Gasteiger partial charge in [0.25, 0.3) is 0 Å². The van der Waals surface area contributed by atoms with Gasteiger partial charge in [0, 0.05) is 23.2 Å². The Labute approximate surface area is 214 Å². The fraction of sp³-hybridized carbons (Fsp3) is 0.192. The molecular weight excluding hydrogens is 529 g/mol. The fourth-order valence-electron chi connectivity index (χ4n) is 4.37. The van der Waals surface area contributed by atoms with Gasteiger partial charge in [0.15, 0.2) is 15.7 Å². The predicted molar refractivity (Wildman–Crippen MR) is 126 cm³/mol. The molecule has 1 aliphatic heterocycles. The first kappa shape index (κ1) is 25.7. The molecule has 0 N–H and O–H groups in total. The number of hydrogen-bond acceptors (Lipinski definition) is 6. The van der Waals surface area contributed by atoms with E-state index < -0.39 is 45.0 Å². The van der Waals surface area contributed by atoms with Crippen molar-refractivity contribution in [2.45, 2.75) is 29.2 Å². The molecule has 4 aromatic rings. The predicted octanol–water partition coefficient (Wildman–Crippen LogP) is 5.72. The highest BCUT2D eigenvalue weighted by atomic mass is 32.2. The lowest BCUT2D eigenvalue weighted by Gasteiger charge is -2.29. The van der Waals surface area contributed by atoms with E-state index in [0.717, 1.165) is 30.6 Å². The molecule has 38 heavy (non-hydrogen) atoms. The number of sulfone groups is 1. The van der Waals surface area contributed by atoms with Crippen molar-refractivity contribution in [1.82, 2.24) is 15.0 Å². The molecule has 0 saturated heterocycles. The number of ether oxygens (including phenoxy) is 1. The molecule has 0 radical (unpaired) electrons. The van der Waals surface area contributed by atoms with Crippen LogP contribution in [0.2, 0.25) is 0 Å².